The Hall–Kier alpha value is -2.71. The first-order valence-corrected chi connectivity index (χ1v) is 6.97. The number of hydrogen-bond donors (Lipinski definition) is 1. The Bertz CT molecular complexity index is 747. The molecule has 9 heteroatoms. The van der Waals surface area contributed by atoms with E-state index in [-0.39, 0.29) is 23.3 Å². The van der Waals surface area contributed by atoms with Gasteiger partial charge in [-0.25, -0.2) is 4.68 Å². The van der Waals surface area contributed by atoms with E-state index in [9.17, 15) is 14.9 Å². The van der Waals surface area contributed by atoms with Crippen molar-refractivity contribution in [2.45, 2.75) is 25.2 Å². The van der Waals surface area contributed by atoms with Crippen LogP contribution in [0, 0.1) is 10.1 Å². The number of anilines is 1. The lowest BCUT2D eigenvalue weighted by Gasteiger charge is -2.20. The van der Waals surface area contributed by atoms with Crippen LogP contribution in [0.5, 0.6) is 0 Å². The van der Waals surface area contributed by atoms with Crippen molar-refractivity contribution in [1.82, 2.24) is 19.6 Å². The van der Waals surface area contributed by atoms with Crippen LogP contribution in [-0.4, -0.2) is 30.4 Å². The molecule has 3 rings (SSSR count). The Balaban J connectivity index is 1.87. The summed E-state index contributed by atoms with van der Waals surface area (Å²) in [5.41, 5.74) is 1.61. The van der Waals surface area contributed by atoms with Gasteiger partial charge in [0.15, 0.2) is 0 Å². The van der Waals surface area contributed by atoms with E-state index >= 15 is 0 Å². The molecule has 116 valence electrons. The van der Waals surface area contributed by atoms with Crippen LogP contribution in [0.3, 0.4) is 0 Å². The molecule has 0 radical (unpaired) electrons. The summed E-state index contributed by atoms with van der Waals surface area (Å²) in [5.74, 6) is -0.501. The van der Waals surface area contributed by atoms with Crippen molar-refractivity contribution < 1.29 is 9.72 Å². The van der Waals surface area contributed by atoms with Crippen LogP contribution in [0.15, 0.2) is 12.4 Å². The first-order chi connectivity index (χ1) is 10.5. The molecule has 1 aliphatic carbocycles. The summed E-state index contributed by atoms with van der Waals surface area (Å²) in [6.07, 6.45) is 5.40. The van der Waals surface area contributed by atoms with Gasteiger partial charge in [0.2, 0.25) is 11.7 Å². The number of carbonyl (C=O) groups is 1. The first-order valence-electron chi connectivity index (χ1n) is 6.97. The maximum absolute atomic E-state index is 12.6. The lowest BCUT2D eigenvalue weighted by molar-refractivity contribution is -0.384. The van der Waals surface area contributed by atoms with Gasteiger partial charge in [0.1, 0.15) is 6.20 Å². The average Bonchev–Trinajstić information content (AvgIpc) is 3.01. The number of nitrogens with zero attached hydrogens (tertiary/aromatic N) is 5. The predicted molar refractivity (Wildman–Crippen MR) is 77.4 cm³/mol. The van der Waals surface area contributed by atoms with Crippen LogP contribution in [0.25, 0.3) is 0 Å². The van der Waals surface area contributed by atoms with Gasteiger partial charge >= 0.3 is 5.69 Å². The Kier molecular flexibility index (Phi) is 3.39. The summed E-state index contributed by atoms with van der Waals surface area (Å²) < 4.78 is 2.99. The third-order valence-corrected chi connectivity index (χ3v) is 3.89. The number of nitrogens with one attached hydrogen (secondary N) is 1. The molecule has 0 aliphatic heterocycles. The second kappa shape index (κ2) is 5.24. The summed E-state index contributed by atoms with van der Waals surface area (Å²) in [5, 5.41) is 21.8. The number of hydrogen-bond acceptors (Lipinski definition) is 5. The second-order valence-corrected chi connectivity index (χ2v) is 5.40. The van der Waals surface area contributed by atoms with Crippen LogP contribution in [-0.2, 0) is 25.3 Å². The number of amides is 1. The zero-order chi connectivity index (χ0) is 15.9. The Morgan fingerprint density at radius 3 is 3.00 bits per heavy atom. The molecular weight excluding hydrogens is 288 g/mol. The van der Waals surface area contributed by atoms with E-state index in [2.05, 4.69) is 15.5 Å². The SMILES string of the molecule is Cn1cc2c(n1)CCC[C@@H]2C(=O)Nc1c([N+](=O)[O-])cnn1C. The van der Waals surface area contributed by atoms with Gasteiger partial charge in [-0.2, -0.15) is 10.2 Å². The molecule has 0 fully saturated rings. The van der Waals surface area contributed by atoms with E-state index < -0.39 is 4.92 Å². The third kappa shape index (κ3) is 2.34. The minimum atomic E-state index is -0.557. The average molecular weight is 304 g/mol. The van der Waals surface area contributed by atoms with Gasteiger partial charge in [0.05, 0.1) is 16.5 Å². The maximum Gasteiger partial charge on any atom is 0.331 e. The molecule has 1 atom stereocenters. The van der Waals surface area contributed by atoms with Crippen LogP contribution >= 0.6 is 0 Å². The molecule has 0 aromatic carbocycles. The molecule has 1 N–H and O–H groups in total. The van der Waals surface area contributed by atoms with E-state index in [0.717, 1.165) is 30.3 Å². The van der Waals surface area contributed by atoms with Crippen molar-refractivity contribution in [3.05, 3.63) is 33.8 Å². The lowest BCUT2D eigenvalue weighted by atomic mass is 9.86. The fraction of sp³-hybridized carbons (Fsp3) is 0.462. The summed E-state index contributed by atoms with van der Waals surface area (Å²) >= 11 is 0. The van der Waals surface area contributed by atoms with Crippen molar-refractivity contribution in [1.29, 1.82) is 0 Å². The normalized spacial score (nSPS) is 17.1. The van der Waals surface area contributed by atoms with Crippen LogP contribution in [0.1, 0.15) is 30.0 Å². The highest BCUT2D eigenvalue weighted by atomic mass is 16.6. The second-order valence-electron chi connectivity index (χ2n) is 5.40. The maximum atomic E-state index is 12.6. The Morgan fingerprint density at radius 1 is 1.50 bits per heavy atom. The van der Waals surface area contributed by atoms with Crippen molar-refractivity contribution >= 4 is 17.4 Å². The lowest BCUT2D eigenvalue weighted by Crippen LogP contribution is -2.25. The highest BCUT2D eigenvalue weighted by molar-refractivity contribution is 5.97. The zero-order valence-electron chi connectivity index (χ0n) is 12.3. The highest BCUT2D eigenvalue weighted by Crippen LogP contribution is 2.32. The molecular formula is C13H16N6O3. The van der Waals surface area contributed by atoms with Gasteiger partial charge in [-0.3, -0.25) is 19.6 Å². The van der Waals surface area contributed by atoms with Gasteiger partial charge in [-0.1, -0.05) is 0 Å². The molecule has 1 aliphatic rings. The van der Waals surface area contributed by atoms with Gasteiger partial charge in [0, 0.05) is 25.9 Å². The largest absolute Gasteiger partial charge is 0.331 e. The molecule has 2 aromatic rings. The van der Waals surface area contributed by atoms with Crippen LogP contribution < -0.4 is 5.32 Å². The quantitative estimate of drug-likeness (QED) is 0.675. The third-order valence-electron chi connectivity index (χ3n) is 3.89. The number of nitro groups is 1. The molecule has 22 heavy (non-hydrogen) atoms. The van der Waals surface area contributed by atoms with E-state index in [4.69, 9.17) is 0 Å². The summed E-state index contributed by atoms with van der Waals surface area (Å²) in [4.78, 5) is 23.0. The number of fused-ring (bicyclic) bond motifs is 1. The standard InChI is InChI=1S/C13H16N6O3/c1-17-7-9-8(4-3-5-10(9)16-17)13(20)15-12-11(19(21)22)6-14-18(12)2/h6-8H,3-5H2,1-2H3,(H,15,20)/t8-/m0/s1. The Labute approximate surface area is 126 Å². The fourth-order valence-electron chi connectivity index (χ4n) is 2.85. The van der Waals surface area contributed by atoms with E-state index in [0.29, 0.717) is 6.42 Å². The number of aryl methyl sites for hydroxylation is 3. The Morgan fingerprint density at radius 2 is 2.27 bits per heavy atom. The van der Waals surface area contributed by atoms with Crippen LogP contribution in [0.4, 0.5) is 11.5 Å². The molecule has 0 spiro atoms. The molecule has 2 heterocycles. The molecule has 0 unspecified atom stereocenters. The number of carbonyl (C=O) groups excluding carboxylic acids is 1. The van der Waals surface area contributed by atoms with Crippen molar-refractivity contribution in [2.24, 2.45) is 14.1 Å². The fourth-order valence-corrected chi connectivity index (χ4v) is 2.85. The van der Waals surface area contributed by atoms with Gasteiger partial charge < -0.3 is 5.32 Å². The molecule has 0 saturated heterocycles. The molecule has 9 nitrogen and oxygen atoms in total. The summed E-state index contributed by atoms with van der Waals surface area (Å²) in [6, 6.07) is 0. The smallest absolute Gasteiger partial charge is 0.305 e. The molecule has 0 bridgehead atoms. The highest BCUT2D eigenvalue weighted by Gasteiger charge is 2.31. The summed E-state index contributed by atoms with van der Waals surface area (Å²) in [6.45, 7) is 0. The van der Waals surface area contributed by atoms with E-state index in [1.165, 1.54) is 4.68 Å². The van der Waals surface area contributed by atoms with Crippen molar-refractivity contribution in [3.8, 4) is 0 Å². The number of rotatable bonds is 3. The molecule has 1 amide bonds. The van der Waals surface area contributed by atoms with E-state index in [1.807, 2.05) is 13.2 Å². The van der Waals surface area contributed by atoms with Gasteiger partial charge in [-0.15, -0.1) is 0 Å². The minimum absolute atomic E-state index is 0.103. The number of aromatic nitrogens is 4. The minimum Gasteiger partial charge on any atom is -0.305 e. The predicted octanol–water partition coefficient (Wildman–Crippen LogP) is 1.12. The topological polar surface area (TPSA) is 108 Å². The zero-order valence-corrected chi connectivity index (χ0v) is 12.3. The van der Waals surface area contributed by atoms with Crippen molar-refractivity contribution in [3.63, 3.8) is 0 Å². The van der Waals surface area contributed by atoms with E-state index in [1.54, 1.807) is 11.7 Å². The monoisotopic (exact) mass is 304 g/mol. The van der Waals surface area contributed by atoms with Gasteiger partial charge in [-0.05, 0) is 19.3 Å². The molecule has 0 saturated carbocycles. The van der Waals surface area contributed by atoms with Crippen molar-refractivity contribution in [2.75, 3.05) is 5.32 Å². The first kappa shape index (κ1) is 14.2. The van der Waals surface area contributed by atoms with Crippen LogP contribution in [0.2, 0.25) is 0 Å². The van der Waals surface area contributed by atoms with Gasteiger partial charge in [0.25, 0.3) is 0 Å². The molecule has 2 aromatic heterocycles. The summed E-state index contributed by atoms with van der Waals surface area (Å²) in [7, 11) is 3.37.